The fraction of sp³-hybridized carbons (Fsp3) is 0.897. The minimum atomic E-state index is -5.24. The lowest BCUT2D eigenvalue weighted by atomic mass is 10.0. The van der Waals surface area contributed by atoms with Gasteiger partial charge in [0.25, 0.3) is 0 Å². The maximum atomic E-state index is 13.4. The minimum absolute atomic E-state index is 0.255. The van der Waals surface area contributed by atoms with Crippen molar-refractivity contribution in [2.24, 2.45) is 5.73 Å². The first kappa shape index (κ1) is 17.3. The summed E-state index contributed by atoms with van der Waals surface area (Å²) in [5, 5.41) is 0. The third-order valence-corrected chi connectivity index (χ3v) is 7.04. The van der Waals surface area contributed by atoms with Crippen molar-refractivity contribution in [1.82, 2.24) is 0 Å². The fourth-order valence-electron chi connectivity index (χ4n) is 3.71. The Morgan fingerprint density at radius 2 is 1.27 bits per heavy atom. The van der Waals surface area contributed by atoms with E-state index in [9.17, 15) is 19.0 Å². The summed E-state index contributed by atoms with van der Waals surface area (Å²) in [4.78, 5) is 36.2. The average Bonchev–Trinajstić information content (AvgIpc) is 3.31. The van der Waals surface area contributed by atoms with Crippen molar-refractivity contribution in [2.75, 3.05) is 26.4 Å². The number of hydrogen-bond donors (Lipinski definition) is 2. The number of hydrogen-bond acceptors (Lipinski definition) is 8. The van der Waals surface area contributed by atoms with Crippen LogP contribution in [-0.4, -0.2) is 49.3 Å². The molecular formula is C39H76NO8P. The molecule has 0 heterocycles. The van der Waals surface area contributed by atoms with Gasteiger partial charge in [0, 0.05) is 61.8 Å². The van der Waals surface area contributed by atoms with Gasteiger partial charge in [0.05, 0.1) is 13.2 Å². The Labute approximate surface area is 344 Å². The summed E-state index contributed by atoms with van der Waals surface area (Å²) in [7, 11) is -4.98. The molecule has 10 heteroatoms. The van der Waals surface area contributed by atoms with Crippen molar-refractivity contribution in [3.63, 3.8) is 0 Å². The van der Waals surface area contributed by atoms with Crippen LogP contribution in [0.2, 0.25) is 0 Å². The van der Waals surface area contributed by atoms with Crippen LogP contribution in [0.4, 0.5) is 0 Å². The van der Waals surface area contributed by atoms with E-state index in [0.29, 0.717) is 12.8 Å². The van der Waals surface area contributed by atoms with Gasteiger partial charge in [-0.15, -0.1) is 0 Å². The van der Waals surface area contributed by atoms with Gasteiger partial charge < -0.3 is 20.1 Å². The van der Waals surface area contributed by atoms with Crippen LogP contribution < -0.4 is 5.73 Å². The predicted molar refractivity (Wildman–Crippen MR) is 201 cm³/mol. The Kier molecular flexibility index (Phi) is 12.9. The Hall–Kier alpha value is -1.25. The van der Waals surface area contributed by atoms with E-state index < -0.39 is 142 Å². The molecule has 0 spiro atoms. The molecule has 0 aliphatic rings. The van der Waals surface area contributed by atoms with E-state index in [-0.39, 0.29) is 19.4 Å². The zero-order valence-corrected chi connectivity index (χ0v) is 29.2. The highest BCUT2D eigenvalue weighted by Gasteiger charge is 2.26. The van der Waals surface area contributed by atoms with Crippen LogP contribution in [0.15, 0.2) is 12.2 Å². The Morgan fingerprint density at radius 3 is 1.84 bits per heavy atom. The van der Waals surface area contributed by atoms with Crippen LogP contribution >= 0.6 is 7.82 Å². The van der Waals surface area contributed by atoms with Crippen LogP contribution in [0.1, 0.15) is 235 Å². The molecule has 0 saturated heterocycles. The van der Waals surface area contributed by atoms with Crippen LogP contribution in [0.5, 0.6) is 0 Å². The molecule has 1 unspecified atom stereocenters. The first-order valence-corrected chi connectivity index (χ1v) is 17.8. The maximum Gasteiger partial charge on any atom is 0.472 e. The topological polar surface area (TPSA) is 134 Å². The predicted octanol–water partition coefficient (Wildman–Crippen LogP) is 11.1. The molecule has 3 N–H and O–H groups in total. The number of nitrogens with two attached hydrogens (primary N) is 1. The second-order valence-corrected chi connectivity index (χ2v) is 11.6. The molecule has 2 atom stereocenters. The summed E-state index contributed by atoms with van der Waals surface area (Å²) < 4.78 is 285. The number of esters is 2. The van der Waals surface area contributed by atoms with Crippen molar-refractivity contribution in [3.05, 3.63) is 12.2 Å². The highest BCUT2D eigenvalue weighted by Crippen LogP contribution is 2.43. The Balaban J connectivity index is 6.74. The zero-order chi connectivity index (χ0) is 63.7. The van der Waals surface area contributed by atoms with Gasteiger partial charge in [-0.3, -0.25) is 18.6 Å². The van der Waals surface area contributed by atoms with Gasteiger partial charge in [-0.1, -0.05) is 154 Å². The summed E-state index contributed by atoms with van der Waals surface area (Å²) in [6, 6.07) is 0. The molecule has 0 aliphatic heterocycles. The first-order chi connectivity index (χ1) is 35.5. The average molecular weight is 749 g/mol. The number of allylic oxidation sites excluding steroid dienone is 2. The quantitative estimate of drug-likeness (QED) is 0.0274. The van der Waals surface area contributed by atoms with Crippen molar-refractivity contribution in [3.8, 4) is 0 Å². The van der Waals surface area contributed by atoms with Crippen LogP contribution in [0.3, 0.4) is 0 Å². The van der Waals surface area contributed by atoms with Gasteiger partial charge in [0.1, 0.15) is 6.61 Å². The number of phosphoric ester groups is 1. The van der Waals surface area contributed by atoms with Crippen LogP contribution in [0.25, 0.3) is 0 Å². The third-order valence-electron chi connectivity index (χ3n) is 6.05. The molecule has 0 saturated carbocycles. The molecule has 0 aromatic rings. The molecule has 0 aromatic carbocycles. The first-order valence-electron chi connectivity index (χ1n) is 31.9. The summed E-state index contributed by atoms with van der Waals surface area (Å²) in [5.41, 5.74) is 5.26. The van der Waals surface area contributed by atoms with Gasteiger partial charge in [-0.2, -0.15) is 0 Å². The van der Waals surface area contributed by atoms with Crippen LogP contribution in [-0.2, 0) is 32.7 Å². The monoisotopic (exact) mass is 749 g/mol. The molecule has 0 bridgehead atoms. The fourth-order valence-corrected chi connectivity index (χ4v) is 4.48. The Morgan fingerprint density at radius 1 is 0.735 bits per heavy atom. The molecular weight excluding hydrogens is 641 g/mol. The molecule has 0 aromatic heterocycles. The highest BCUT2D eigenvalue weighted by atomic mass is 31.2. The number of carbonyl (C=O) groups is 2. The minimum Gasteiger partial charge on any atom is -0.462 e. The molecule has 9 nitrogen and oxygen atoms in total. The smallest absolute Gasteiger partial charge is 0.462 e. The third kappa shape index (κ3) is 36.3. The van der Waals surface area contributed by atoms with Crippen molar-refractivity contribution < 1.29 is 80.1 Å². The van der Waals surface area contributed by atoms with Gasteiger partial charge >= 0.3 is 19.8 Å². The van der Waals surface area contributed by atoms with E-state index in [1.54, 1.807) is 0 Å². The number of ether oxygens (including phenoxy) is 2. The number of unbranched alkanes of at least 4 members (excludes halogenated alkanes) is 11. The van der Waals surface area contributed by atoms with Gasteiger partial charge in [0.2, 0.25) is 0 Å². The number of carbonyl (C=O) groups excluding carboxylic acids is 2. The SMILES string of the molecule is [2H]C([2H])([2H])C([2H])([2H])C([2H])([2H])C([2H])([2H])C([2H])([2H])C([2H])([2H])C([2H])([2H])C([2H])([2H])C([2H])([2H])C([2H])([2H])C([2H])([2H])C([2H])([2H])C([2H])([2H])C([2H])([2H])C([2H])([2H])C(=O)OC[C@H](COP(=O)(O)OCCN)OC(=O)CCCCCCC/C=C/CCCCCCCC. The molecule has 0 aliphatic carbocycles. The van der Waals surface area contributed by atoms with E-state index in [2.05, 4.69) is 23.6 Å². The van der Waals surface area contributed by atoms with E-state index in [4.69, 9.17) is 62.2 Å². The number of rotatable bonds is 38. The van der Waals surface area contributed by atoms with Crippen LogP contribution in [0, 0.1) is 0 Å². The molecule has 0 rings (SSSR count). The highest BCUT2D eigenvalue weighted by molar-refractivity contribution is 7.47. The normalized spacial score (nSPS) is 27.2. The van der Waals surface area contributed by atoms with Crippen molar-refractivity contribution >= 4 is 19.8 Å². The molecule has 49 heavy (non-hydrogen) atoms. The molecule has 290 valence electrons. The molecule has 0 amide bonds. The maximum absolute atomic E-state index is 13.4. The van der Waals surface area contributed by atoms with Crippen molar-refractivity contribution in [2.45, 2.75) is 199 Å². The Bertz CT molecular complexity index is 2070. The zero-order valence-electron chi connectivity index (χ0n) is 59.3. The van der Waals surface area contributed by atoms with Gasteiger partial charge in [-0.05, 0) is 38.5 Å². The second-order valence-electron chi connectivity index (χ2n) is 10.2. The lowest BCUT2D eigenvalue weighted by molar-refractivity contribution is -0.161. The second kappa shape index (κ2) is 36.5. The lowest BCUT2D eigenvalue weighted by Gasteiger charge is -2.19. The standard InChI is InChI=1S/C39H76NO8P/c1-3-5-7-9-11-13-15-17-18-20-22-24-26-28-30-32-39(42)48-37(36-47-49(43,44)46-34-33-40)35-45-38(41)31-29-27-25-23-21-19-16-14-12-10-8-6-4-2/h17-18,37H,3-16,19-36,40H2,1-2H3,(H,43,44)/b18-17+/t37-/m1/s1/i2D3,4D2,6D2,8D2,10D2,12D2,14D2,16D2,19D2,21D2,23D2,25D2,27D2,29D2,31D2. The summed E-state index contributed by atoms with van der Waals surface area (Å²) in [6.45, 7) is -5.35. The molecule has 0 radical (unpaired) electrons. The van der Waals surface area contributed by atoms with E-state index in [1.807, 2.05) is 0 Å². The largest absolute Gasteiger partial charge is 0.472 e. The van der Waals surface area contributed by atoms with E-state index in [0.717, 1.165) is 32.1 Å². The van der Waals surface area contributed by atoms with Gasteiger partial charge in [-0.25, -0.2) is 4.57 Å². The molecule has 0 fully saturated rings. The summed E-state index contributed by atoms with van der Waals surface area (Å²) in [5.74, 6) is -3.52. The summed E-state index contributed by atoms with van der Waals surface area (Å²) in [6.07, 6.45) is -55.6. The van der Waals surface area contributed by atoms with Gasteiger partial charge in [0.15, 0.2) is 6.10 Å². The van der Waals surface area contributed by atoms with E-state index in [1.165, 1.54) is 32.1 Å². The van der Waals surface area contributed by atoms with E-state index >= 15 is 0 Å². The lowest BCUT2D eigenvalue weighted by Crippen LogP contribution is -2.29. The number of phosphoric acid groups is 1. The summed E-state index contributed by atoms with van der Waals surface area (Å²) >= 11 is 0. The van der Waals surface area contributed by atoms with Crippen molar-refractivity contribution in [1.29, 1.82) is 0 Å².